The summed E-state index contributed by atoms with van der Waals surface area (Å²) in [6.45, 7) is -0.215. The number of rotatable bonds is 5. The smallest absolute Gasteiger partial charge is 0.264 e. The minimum absolute atomic E-state index is 0.215. The molecule has 1 N–H and O–H groups in total. The van der Waals surface area contributed by atoms with Crippen molar-refractivity contribution in [1.29, 1.82) is 0 Å². The molecule has 6 heteroatoms. The topological polar surface area (TPSA) is 64.4 Å². The van der Waals surface area contributed by atoms with E-state index in [4.69, 9.17) is 9.26 Å². The van der Waals surface area contributed by atoms with Gasteiger partial charge >= 0.3 is 0 Å². The van der Waals surface area contributed by atoms with Crippen LogP contribution in [0.2, 0.25) is 0 Å². The van der Waals surface area contributed by atoms with Gasteiger partial charge in [0.15, 0.2) is 6.61 Å². The first-order valence-corrected chi connectivity index (χ1v) is 6.91. The summed E-state index contributed by atoms with van der Waals surface area (Å²) >= 11 is 0. The van der Waals surface area contributed by atoms with Crippen molar-refractivity contribution in [3.63, 3.8) is 0 Å². The number of carbonyl (C=O) groups excluding carboxylic acids is 1. The van der Waals surface area contributed by atoms with E-state index in [9.17, 15) is 9.18 Å². The molecule has 0 aliphatic rings. The second kappa shape index (κ2) is 6.74. The molecule has 1 aromatic heterocycles. The van der Waals surface area contributed by atoms with Crippen LogP contribution in [0.15, 0.2) is 65.2 Å². The molecule has 0 saturated carbocycles. The maximum atomic E-state index is 12.8. The zero-order chi connectivity index (χ0) is 16.1. The maximum Gasteiger partial charge on any atom is 0.264 e. The molecule has 1 heterocycles. The number of aromatic nitrogens is 1. The molecule has 23 heavy (non-hydrogen) atoms. The molecule has 0 fully saturated rings. The van der Waals surface area contributed by atoms with Crippen molar-refractivity contribution in [3.05, 3.63) is 66.5 Å². The summed E-state index contributed by atoms with van der Waals surface area (Å²) in [5, 5.41) is 6.44. The molecule has 0 spiro atoms. The van der Waals surface area contributed by atoms with Crippen LogP contribution < -0.4 is 10.1 Å². The second-order valence-corrected chi connectivity index (χ2v) is 4.73. The predicted octanol–water partition coefficient (Wildman–Crippen LogP) is 3.50. The Hall–Kier alpha value is -3.15. The summed E-state index contributed by atoms with van der Waals surface area (Å²) in [5.41, 5.74) is 1.51. The molecule has 0 radical (unpaired) electrons. The third-order valence-corrected chi connectivity index (χ3v) is 3.03. The molecule has 0 unspecified atom stereocenters. The second-order valence-electron chi connectivity index (χ2n) is 4.73. The van der Waals surface area contributed by atoms with Crippen LogP contribution in [0.3, 0.4) is 0 Å². The zero-order valence-electron chi connectivity index (χ0n) is 12.0. The average Bonchev–Trinajstić information content (AvgIpc) is 3.04. The highest BCUT2D eigenvalue weighted by Gasteiger charge is 2.10. The first-order chi connectivity index (χ1) is 11.2. The number of hydrogen-bond acceptors (Lipinski definition) is 4. The van der Waals surface area contributed by atoms with Crippen LogP contribution in [0.4, 0.5) is 10.3 Å². The lowest BCUT2D eigenvalue weighted by Gasteiger charge is -2.05. The fourth-order valence-electron chi connectivity index (χ4n) is 1.93. The number of ether oxygens (including phenoxy) is 1. The van der Waals surface area contributed by atoms with Crippen molar-refractivity contribution in [2.45, 2.75) is 0 Å². The molecule has 0 atom stereocenters. The summed E-state index contributed by atoms with van der Waals surface area (Å²) in [5.74, 6) is -0.123. The number of halogens is 1. The molecule has 116 valence electrons. The van der Waals surface area contributed by atoms with Gasteiger partial charge < -0.3 is 9.26 Å². The van der Waals surface area contributed by atoms with Crippen LogP contribution >= 0.6 is 0 Å². The van der Waals surface area contributed by atoms with Gasteiger partial charge in [0.25, 0.3) is 5.91 Å². The highest BCUT2D eigenvalue weighted by atomic mass is 19.1. The van der Waals surface area contributed by atoms with Gasteiger partial charge in [-0.05, 0) is 24.3 Å². The number of anilines is 1. The van der Waals surface area contributed by atoms with Crippen molar-refractivity contribution in [2.24, 2.45) is 0 Å². The van der Waals surface area contributed by atoms with Crippen molar-refractivity contribution in [2.75, 3.05) is 11.9 Å². The summed E-state index contributed by atoms with van der Waals surface area (Å²) in [4.78, 5) is 11.8. The lowest BCUT2D eigenvalue weighted by Crippen LogP contribution is -2.19. The van der Waals surface area contributed by atoms with E-state index in [1.165, 1.54) is 24.3 Å². The summed E-state index contributed by atoms with van der Waals surface area (Å²) in [6.07, 6.45) is 0. The number of carbonyl (C=O) groups is 1. The first kappa shape index (κ1) is 14.8. The van der Waals surface area contributed by atoms with Crippen LogP contribution in [0.25, 0.3) is 11.3 Å². The Morgan fingerprint density at radius 2 is 1.87 bits per heavy atom. The lowest BCUT2D eigenvalue weighted by atomic mass is 10.2. The molecule has 3 rings (SSSR count). The van der Waals surface area contributed by atoms with Crippen molar-refractivity contribution >= 4 is 11.8 Å². The first-order valence-electron chi connectivity index (χ1n) is 6.91. The average molecular weight is 312 g/mol. The molecule has 5 nitrogen and oxygen atoms in total. The molecular formula is C17H13FN2O3. The van der Waals surface area contributed by atoms with E-state index in [0.29, 0.717) is 11.4 Å². The predicted molar refractivity (Wildman–Crippen MR) is 82.5 cm³/mol. The van der Waals surface area contributed by atoms with Gasteiger partial charge in [0, 0.05) is 11.6 Å². The van der Waals surface area contributed by atoms with E-state index >= 15 is 0 Å². The van der Waals surface area contributed by atoms with Gasteiger partial charge in [-0.25, -0.2) is 4.39 Å². The normalized spacial score (nSPS) is 10.3. The van der Waals surface area contributed by atoms with E-state index in [1.807, 2.05) is 30.3 Å². The summed E-state index contributed by atoms with van der Waals surface area (Å²) < 4.78 is 23.1. The van der Waals surface area contributed by atoms with Gasteiger partial charge in [-0.2, -0.15) is 0 Å². The fourth-order valence-corrected chi connectivity index (χ4v) is 1.93. The Morgan fingerprint density at radius 1 is 1.13 bits per heavy atom. The number of amides is 1. The Labute approximate surface area is 131 Å². The van der Waals surface area contributed by atoms with Gasteiger partial charge in [-0.3, -0.25) is 10.1 Å². The van der Waals surface area contributed by atoms with Crippen LogP contribution in [0.5, 0.6) is 5.75 Å². The van der Waals surface area contributed by atoms with Gasteiger partial charge in [0.1, 0.15) is 17.3 Å². The molecular weight excluding hydrogens is 299 g/mol. The highest BCUT2D eigenvalue weighted by molar-refractivity contribution is 5.91. The standard InChI is InChI=1S/C17H13FN2O3/c18-13-6-8-14(9-7-13)22-11-16(21)19-17-10-15(20-23-17)12-4-2-1-3-5-12/h1-10H,11H2,(H,19,21). The SMILES string of the molecule is O=C(COc1ccc(F)cc1)Nc1cc(-c2ccccc2)no1. The minimum Gasteiger partial charge on any atom is -0.484 e. The van der Waals surface area contributed by atoms with Crippen LogP contribution in [-0.4, -0.2) is 17.7 Å². The highest BCUT2D eigenvalue weighted by Crippen LogP contribution is 2.21. The zero-order valence-corrected chi connectivity index (χ0v) is 12.0. The number of nitrogens with zero attached hydrogens (tertiary/aromatic N) is 1. The van der Waals surface area contributed by atoms with Crippen LogP contribution in [-0.2, 0) is 4.79 Å². The molecule has 0 saturated heterocycles. The third-order valence-electron chi connectivity index (χ3n) is 3.03. The molecule has 0 aliphatic carbocycles. The Bertz CT molecular complexity index is 785. The maximum absolute atomic E-state index is 12.8. The van der Waals surface area contributed by atoms with E-state index in [-0.39, 0.29) is 18.3 Å². The monoisotopic (exact) mass is 312 g/mol. The van der Waals surface area contributed by atoms with Gasteiger partial charge in [0.05, 0.1) is 0 Å². The lowest BCUT2D eigenvalue weighted by molar-refractivity contribution is -0.118. The summed E-state index contributed by atoms with van der Waals surface area (Å²) in [7, 11) is 0. The van der Waals surface area contributed by atoms with Crippen molar-refractivity contribution in [3.8, 4) is 17.0 Å². The Morgan fingerprint density at radius 3 is 2.61 bits per heavy atom. The molecule has 3 aromatic rings. The van der Waals surface area contributed by atoms with Crippen molar-refractivity contribution < 1.29 is 18.4 Å². The largest absolute Gasteiger partial charge is 0.484 e. The summed E-state index contributed by atoms with van der Waals surface area (Å²) in [6, 6.07) is 16.5. The van der Waals surface area contributed by atoms with E-state index < -0.39 is 5.91 Å². The van der Waals surface area contributed by atoms with Crippen LogP contribution in [0.1, 0.15) is 0 Å². The minimum atomic E-state index is -0.398. The number of nitrogens with one attached hydrogen (secondary N) is 1. The van der Waals surface area contributed by atoms with E-state index in [1.54, 1.807) is 6.07 Å². The quantitative estimate of drug-likeness (QED) is 0.783. The van der Waals surface area contributed by atoms with E-state index in [2.05, 4.69) is 10.5 Å². The van der Waals surface area contributed by atoms with Gasteiger partial charge in [-0.15, -0.1) is 0 Å². The molecule has 0 aliphatic heterocycles. The number of benzene rings is 2. The Balaban J connectivity index is 1.56. The van der Waals surface area contributed by atoms with Crippen LogP contribution in [0, 0.1) is 5.82 Å². The van der Waals surface area contributed by atoms with Crippen molar-refractivity contribution in [1.82, 2.24) is 5.16 Å². The third kappa shape index (κ3) is 3.94. The fraction of sp³-hybridized carbons (Fsp3) is 0.0588. The van der Waals surface area contributed by atoms with Gasteiger partial charge in [-0.1, -0.05) is 35.5 Å². The Kier molecular flexibility index (Phi) is 4.33. The molecule has 0 bridgehead atoms. The molecule has 1 amide bonds. The molecule has 2 aromatic carbocycles. The van der Waals surface area contributed by atoms with Gasteiger partial charge in [0.2, 0.25) is 5.88 Å². The van der Waals surface area contributed by atoms with E-state index in [0.717, 1.165) is 5.56 Å². The number of hydrogen-bond donors (Lipinski definition) is 1.